The van der Waals surface area contributed by atoms with Crippen LogP contribution >= 0.6 is 0 Å². The molecule has 7 heteroatoms. The molecule has 0 saturated heterocycles. The third-order valence-electron chi connectivity index (χ3n) is 2.11. The summed E-state index contributed by atoms with van der Waals surface area (Å²) in [5.41, 5.74) is 10.6. The first-order chi connectivity index (χ1) is 7.20. The first-order valence-corrected chi connectivity index (χ1v) is 6.68. The zero-order valence-corrected chi connectivity index (χ0v) is 10.7. The molecule has 92 valence electrons. The summed E-state index contributed by atoms with van der Waals surface area (Å²) in [5, 5.41) is 0. The molecule has 0 aliphatic carbocycles. The number of hydrogen-bond acceptors (Lipinski definition) is 6. The van der Waals surface area contributed by atoms with Crippen molar-refractivity contribution in [3.63, 3.8) is 0 Å². The number of ether oxygens (including phenoxy) is 1. The molecule has 0 amide bonds. The van der Waals surface area contributed by atoms with Crippen molar-refractivity contribution < 1.29 is 18.0 Å². The van der Waals surface area contributed by atoms with E-state index in [-0.39, 0.29) is 5.73 Å². The van der Waals surface area contributed by atoms with E-state index in [1.807, 2.05) is 0 Å². The van der Waals surface area contributed by atoms with E-state index in [2.05, 4.69) is 0 Å². The van der Waals surface area contributed by atoms with Crippen LogP contribution in [0.4, 0.5) is 0 Å². The third kappa shape index (κ3) is 4.15. The lowest BCUT2D eigenvalue weighted by atomic mass is 10.4. The molecule has 0 saturated carbocycles. The Morgan fingerprint density at radius 1 is 1.00 bits per heavy atom. The fourth-order valence-electron chi connectivity index (χ4n) is 1.37. The maximum Gasteiger partial charge on any atom is 0.530 e. The van der Waals surface area contributed by atoms with Gasteiger partial charge in [0, 0.05) is 27.9 Å². The van der Waals surface area contributed by atoms with Crippen LogP contribution < -0.4 is 11.5 Å². The molecular weight excluding hydrogens is 216 g/mol. The molecule has 4 N–H and O–H groups in total. The fourth-order valence-corrected chi connectivity index (χ4v) is 3.50. The number of rotatable bonds is 9. The van der Waals surface area contributed by atoms with E-state index in [0.717, 1.165) is 0 Å². The molecule has 0 aromatic rings. The van der Waals surface area contributed by atoms with Gasteiger partial charge in [-0.2, -0.15) is 0 Å². The molecule has 0 aromatic carbocycles. The summed E-state index contributed by atoms with van der Waals surface area (Å²) in [6, 6.07) is 0. The van der Waals surface area contributed by atoms with Gasteiger partial charge in [0.05, 0.1) is 6.61 Å². The summed E-state index contributed by atoms with van der Waals surface area (Å²) in [7, 11) is 1.89. The van der Waals surface area contributed by atoms with Gasteiger partial charge in [-0.3, -0.25) is 0 Å². The van der Waals surface area contributed by atoms with E-state index in [1.165, 1.54) is 0 Å². The van der Waals surface area contributed by atoms with Crippen molar-refractivity contribution in [1.29, 1.82) is 0 Å². The molecular formula is C8H22N2O4Si. The molecule has 0 aromatic heterocycles. The van der Waals surface area contributed by atoms with Crippen molar-refractivity contribution in [1.82, 2.24) is 0 Å². The Bertz CT molecular complexity index is 149. The maximum absolute atomic E-state index is 5.55. The second-order valence-corrected chi connectivity index (χ2v) is 6.02. The topological polar surface area (TPSA) is 89.0 Å². The van der Waals surface area contributed by atoms with Crippen molar-refractivity contribution in [3.8, 4) is 0 Å². The standard InChI is InChI=1S/C8H22N2O4Si/c1-11-15(12-2,13-3)8(4-5-9)14-7-6-10/h8H,4-7,9-10H2,1-3H3. The SMILES string of the molecule is CO[Si](OC)(OC)C(CCN)OCCN. The highest BCUT2D eigenvalue weighted by Gasteiger charge is 2.48. The largest absolute Gasteiger partial charge is 0.530 e. The molecule has 0 heterocycles. The van der Waals surface area contributed by atoms with Crippen LogP contribution in [0, 0.1) is 0 Å². The monoisotopic (exact) mass is 238 g/mol. The van der Waals surface area contributed by atoms with Gasteiger partial charge in [0.25, 0.3) is 0 Å². The second kappa shape index (κ2) is 8.17. The number of nitrogens with two attached hydrogens (primary N) is 2. The predicted octanol–water partition coefficient (Wildman–Crippen LogP) is -0.904. The van der Waals surface area contributed by atoms with E-state index in [9.17, 15) is 0 Å². The fraction of sp³-hybridized carbons (Fsp3) is 1.00. The normalized spacial score (nSPS) is 14.2. The molecule has 0 aliphatic rings. The Morgan fingerprint density at radius 2 is 1.53 bits per heavy atom. The second-order valence-electron chi connectivity index (χ2n) is 2.94. The highest BCUT2D eigenvalue weighted by atomic mass is 28.4. The van der Waals surface area contributed by atoms with Gasteiger partial charge in [0.15, 0.2) is 0 Å². The van der Waals surface area contributed by atoms with Crippen LogP contribution in [-0.2, 0) is 18.0 Å². The average molecular weight is 238 g/mol. The Labute approximate surface area is 92.2 Å². The van der Waals surface area contributed by atoms with Crippen LogP contribution in [0.3, 0.4) is 0 Å². The van der Waals surface area contributed by atoms with Crippen molar-refractivity contribution in [2.24, 2.45) is 11.5 Å². The lowest BCUT2D eigenvalue weighted by Gasteiger charge is -2.31. The van der Waals surface area contributed by atoms with Crippen LogP contribution in [0.25, 0.3) is 0 Å². The minimum Gasteiger partial charge on any atom is -0.375 e. The van der Waals surface area contributed by atoms with Gasteiger partial charge in [-0.25, -0.2) is 0 Å². The highest BCUT2D eigenvalue weighted by Crippen LogP contribution is 2.17. The molecule has 15 heavy (non-hydrogen) atoms. The van der Waals surface area contributed by atoms with Crippen LogP contribution in [0.1, 0.15) is 6.42 Å². The van der Waals surface area contributed by atoms with Crippen molar-refractivity contribution >= 4 is 8.80 Å². The molecule has 0 radical (unpaired) electrons. The van der Waals surface area contributed by atoms with Gasteiger partial charge < -0.3 is 29.5 Å². The molecule has 0 aliphatic heterocycles. The number of hydrogen-bond donors (Lipinski definition) is 2. The van der Waals surface area contributed by atoms with Gasteiger partial charge in [0.2, 0.25) is 0 Å². The van der Waals surface area contributed by atoms with Gasteiger partial charge in [-0.05, 0) is 13.0 Å². The molecule has 1 atom stereocenters. The van der Waals surface area contributed by atoms with Gasteiger partial charge >= 0.3 is 8.80 Å². The smallest absolute Gasteiger partial charge is 0.375 e. The minimum absolute atomic E-state index is 0.258. The zero-order chi connectivity index (χ0) is 11.7. The zero-order valence-electron chi connectivity index (χ0n) is 9.69. The van der Waals surface area contributed by atoms with E-state index in [0.29, 0.717) is 26.1 Å². The summed E-state index contributed by atoms with van der Waals surface area (Å²) in [6.45, 7) is 1.37. The Morgan fingerprint density at radius 3 is 1.87 bits per heavy atom. The Hall–Kier alpha value is -0.0231. The quantitative estimate of drug-likeness (QED) is 0.506. The summed E-state index contributed by atoms with van der Waals surface area (Å²) < 4.78 is 21.5. The van der Waals surface area contributed by atoms with Crippen molar-refractivity contribution in [3.05, 3.63) is 0 Å². The van der Waals surface area contributed by atoms with Gasteiger partial charge in [-0.15, -0.1) is 0 Å². The lowest BCUT2D eigenvalue weighted by Crippen LogP contribution is -2.56. The van der Waals surface area contributed by atoms with Crippen molar-refractivity contribution in [2.75, 3.05) is 41.0 Å². The summed E-state index contributed by atoms with van der Waals surface area (Å²) >= 11 is 0. The first-order valence-electron chi connectivity index (χ1n) is 4.87. The first kappa shape index (κ1) is 15.0. The third-order valence-corrected chi connectivity index (χ3v) is 5.06. The summed E-state index contributed by atoms with van der Waals surface area (Å²) in [6.07, 6.45) is 0.627. The lowest BCUT2D eigenvalue weighted by molar-refractivity contribution is 0.0134. The van der Waals surface area contributed by atoms with E-state index in [1.54, 1.807) is 21.3 Å². The van der Waals surface area contributed by atoms with E-state index < -0.39 is 8.80 Å². The Balaban J connectivity index is 4.50. The van der Waals surface area contributed by atoms with Crippen LogP contribution in [-0.4, -0.2) is 55.6 Å². The predicted molar refractivity (Wildman–Crippen MR) is 59.2 cm³/mol. The minimum atomic E-state index is -2.76. The van der Waals surface area contributed by atoms with Crippen LogP contribution in [0.5, 0.6) is 0 Å². The van der Waals surface area contributed by atoms with Gasteiger partial charge in [-0.1, -0.05) is 0 Å². The summed E-state index contributed by atoms with van der Waals surface area (Å²) in [5.74, 6) is 0. The van der Waals surface area contributed by atoms with Gasteiger partial charge in [0.1, 0.15) is 5.73 Å². The molecule has 6 nitrogen and oxygen atoms in total. The maximum atomic E-state index is 5.55. The Kier molecular flexibility index (Phi) is 8.15. The van der Waals surface area contributed by atoms with Crippen LogP contribution in [0.15, 0.2) is 0 Å². The summed E-state index contributed by atoms with van der Waals surface area (Å²) in [4.78, 5) is 0. The molecule has 0 spiro atoms. The van der Waals surface area contributed by atoms with E-state index >= 15 is 0 Å². The van der Waals surface area contributed by atoms with Crippen LogP contribution in [0.2, 0.25) is 0 Å². The average Bonchev–Trinajstić information content (AvgIpc) is 2.28. The highest BCUT2D eigenvalue weighted by molar-refractivity contribution is 6.62. The van der Waals surface area contributed by atoms with Crippen molar-refractivity contribution in [2.45, 2.75) is 12.1 Å². The molecule has 0 bridgehead atoms. The molecule has 0 fully saturated rings. The molecule has 0 rings (SSSR count). The van der Waals surface area contributed by atoms with E-state index in [4.69, 9.17) is 29.5 Å². The molecule has 1 unspecified atom stereocenters.